The summed E-state index contributed by atoms with van der Waals surface area (Å²) in [7, 11) is 3.94. The third-order valence-corrected chi connectivity index (χ3v) is 2.60. The van der Waals surface area contributed by atoms with Gasteiger partial charge in [0.1, 0.15) is 5.82 Å². The number of aromatic nitrogens is 4. The van der Waals surface area contributed by atoms with Crippen LogP contribution in [-0.2, 0) is 20.5 Å². The van der Waals surface area contributed by atoms with E-state index in [0.717, 1.165) is 30.2 Å². The molecule has 0 unspecified atom stereocenters. The Hall–Kier alpha value is -1.78. The summed E-state index contributed by atoms with van der Waals surface area (Å²) in [6, 6.07) is 0. The second-order valence-electron chi connectivity index (χ2n) is 3.93. The highest BCUT2D eigenvalue weighted by Gasteiger charge is 2.03. The number of nitrogens with zero attached hydrogens (tertiary/aromatic N) is 4. The van der Waals surface area contributed by atoms with Crippen LogP contribution in [0.2, 0.25) is 0 Å². The van der Waals surface area contributed by atoms with Crippen molar-refractivity contribution >= 4 is 5.69 Å². The highest BCUT2D eigenvalue weighted by Crippen LogP contribution is 2.11. The van der Waals surface area contributed by atoms with Crippen LogP contribution in [0.1, 0.15) is 11.5 Å². The van der Waals surface area contributed by atoms with Gasteiger partial charge < -0.3 is 9.88 Å². The van der Waals surface area contributed by atoms with Gasteiger partial charge in [0.15, 0.2) is 0 Å². The lowest BCUT2D eigenvalue weighted by molar-refractivity contribution is 0.756. The van der Waals surface area contributed by atoms with E-state index in [1.165, 1.54) is 0 Å². The maximum atomic E-state index is 4.28. The van der Waals surface area contributed by atoms with E-state index in [4.69, 9.17) is 0 Å². The van der Waals surface area contributed by atoms with Crippen molar-refractivity contribution in [2.75, 3.05) is 11.9 Å². The molecule has 2 aromatic rings. The third kappa shape index (κ3) is 2.24. The molecule has 16 heavy (non-hydrogen) atoms. The van der Waals surface area contributed by atoms with Crippen molar-refractivity contribution in [3.05, 3.63) is 30.1 Å². The number of imidazole rings is 1. The Labute approximate surface area is 95.1 Å². The number of rotatable bonds is 4. The van der Waals surface area contributed by atoms with E-state index in [0.29, 0.717) is 0 Å². The summed E-state index contributed by atoms with van der Waals surface area (Å²) in [5.41, 5.74) is 2.12. The second-order valence-corrected chi connectivity index (χ2v) is 3.93. The zero-order valence-corrected chi connectivity index (χ0v) is 9.94. The molecule has 0 saturated heterocycles. The average molecular weight is 219 g/mol. The average Bonchev–Trinajstić information content (AvgIpc) is 2.75. The lowest BCUT2D eigenvalue weighted by Crippen LogP contribution is -2.08. The van der Waals surface area contributed by atoms with Gasteiger partial charge in [-0.05, 0) is 6.92 Å². The Morgan fingerprint density at radius 2 is 2.19 bits per heavy atom. The number of anilines is 1. The number of hydrogen-bond donors (Lipinski definition) is 1. The van der Waals surface area contributed by atoms with Crippen molar-refractivity contribution in [1.29, 1.82) is 0 Å². The smallest absolute Gasteiger partial charge is 0.110 e. The molecule has 5 nitrogen and oxygen atoms in total. The van der Waals surface area contributed by atoms with Gasteiger partial charge in [-0.3, -0.25) is 4.68 Å². The third-order valence-electron chi connectivity index (χ3n) is 2.60. The molecule has 0 bridgehead atoms. The SMILES string of the molecule is Cc1nn(C)cc1NCCc1nccn1C. The predicted octanol–water partition coefficient (Wildman–Crippen LogP) is 1.12. The minimum absolute atomic E-state index is 0.872. The Kier molecular flexibility index (Phi) is 2.94. The van der Waals surface area contributed by atoms with Gasteiger partial charge in [-0.25, -0.2) is 4.98 Å². The van der Waals surface area contributed by atoms with Crippen LogP contribution in [0.5, 0.6) is 0 Å². The van der Waals surface area contributed by atoms with Gasteiger partial charge >= 0.3 is 0 Å². The van der Waals surface area contributed by atoms with Gasteiger partial charge in [-0.2, -0.15) is 5.10 Å². The minimum atomic E-state index is 0.872. The molecule has 0 aromatic carbocycles. The van der Waals surface area contributed by atoms with Gasteiger partial charge in [0, 0.05) is 45.7 Å². The molecule has 1 N–H and O–H groups in total. The lowest BCUT2D eigenvalue weighted by atomic mass is 10.3. The van der Waals surface area contributed by atoms with Crippen LogP contribution in [0.4, 0.5) is 5.69 Å². The van der Waals surface area contributed by atoms with Crippen LogP contribution in [-0.4, -0.2) is 25.9 Å². The van der Waals surface area contributed by atoms with Crippen LogP contribution in [0.3, 0.4) is 0 Å². The summed E-state index contributed by atoms with van der Waals surface area (Å²) < 4.78 is 3.86. The molecule has 0 fully saturated rings. The molecule has 0 aliphatic carbocycles. The van der Waals surface area contributed by atoms with Crippen LogP contribution in [0.25, 0.3) is 0 Å². The number of hydrogen-bond acceptors (Lipinski definition) is 3. The zero-order chi connectivity index (χ0) is 11.5. The Balaban J connectivity index is 1.89. The fourth-order valence-electron chi connectivity index (χ4n) is 1.72. The molecule has 0 radical (unpaired) electrons. The summed E-state index contributed by atoms with van der Waals surface area (Å²) in [6.07, 6.45) is 6.70. The first-order chi connectivity index (χ1) is 7.66. The van der Waals surface area contributed by atoms with E-state index in [1.807, 2.05) is 48.9 Å². The summed E-state index contributed by atoms with van der Waals surface area (Å²) in [5, 5.41) is 7.64. The first kappa shape index (κ1) is 10.7. The second kappa shape index (κ2) is 4.38. The minimum Gasteiger partial charge on any atom is -0.382 e. The standard InChI is InChI=1S/C11H17N5/c1-9-10(8-16(3)14-9)12-5-4-11-13-6-7-15(11)2/h6-8,12H,4-5H2,1-3H3. The summed E-state index contributed by atoms with van der Waals surface area (Å²) >= 11 is 0. The maximum Gasteiger partial charge on any atom is 0.110 e. The topological polar surface area (TPSA) is 47.7 Å². The van der Waals surface area contributed by atoms with Crippen LogP contribution >= 0.6 is 0 Å². The van der Waals surface area contributed by atoms with Crippen molar-refractivity contribution in [3.63, 3.8) is 0 Å². The van der Waals surface area contributed by atoms with Gasteiger partial charge in [0.25, 0.3) is 0 Å². The van der Waals surface area contributed by atoms with E-state index in [9.17, 15) is 0 Å². The molecule has 0 aliphatic rings. The highest BCUT2D eigenvalue weighted by molar-refractivity contribution is 5.45. The first-order valence-corrected chi connectivity index (χ1v) is 5.37. The van der Waals surface area contributed by atoms with E-state index in [-0.39, 0.29) is 0 Å². The molecular weight excluding hydrogens is 202 g/mol. The highest BCUT2D eigenvalue weighted by atomic mass is 15.3. The monoisotopic (exact) mass is 219 g/mol. The molecule has 0 amide bonds. The van der Waals surface area contributed by atoms with Crippen LogP contribution < -0.4 is 5.32 Å². The molecule has 0 atom stereocenters. The predicted molar refractivity (Wildman–Crippen MR) is 63.3 cm³/mol. The first-order valence-electron chi connectivity index (χ1n) is 5.37. The quantitative estimate of drug-likeness (QED) is 0.838. The number of nitrogens with one attached hydrogen (secondary N) is 1. The van der Waals surface area contributed by atoms with E-state index in [1.54, 1.807) is 0 Å². The summed E-state index contributed by atoms with van der Waals surface area (Å²) in [4.78, 5) is 4.28. The van der Waals surface area contributed by atoms with Crippen molar-refractivity contribution in [2.24, 2.45) is 14.1 Å². The van der Waals surface area contributed by atoms with Gasteiger partial charge in [0.2, 0.25) is 0 Å². The van der Waals surface area contributed by atoms with Crippen molar-refractivity contribution in [1.82, 2.24) is 19.3 Å². The van der Waals surface area contributed by atoms with Crippen molar-refractivity contribution < 1.29 is 0 Å². The number of aryl methyl sites for hydroxylation is 3. The van der Waals surface area contributed by atoms with E-state index >= 15 is 0 Å². The fourth-order valence-corrected chi connectivity index (χ4v) is 1.72. The van der Waals surface area contributed by atoms with Gasteiger partial charge in [0.05, 0.1) is 11.4 Å². The summed E-state index contributed by atoms with van der Waals surface area (Å²) in [5.74, 6) is 1.09. The molecule has 0 spiro atoms. The molecule has 2 heterocycles. The largest absolute Gasteiger partial charge is 0.382 e. The molecule has 2 rings (SSSR count). The van der Waals surface area contributed by atoms with E-state index in [2.05, 4.69) is 15.4 Å². The Morgan fingerprint density at radius 3 is 2.75 bits per heavy atom. The molecule has 0 saturated carbocycles. The molecule has 86 valence electrons. The normalized spacial score (nSPS) is 10.7. The maximum absolute atomic E-state index is 4.28. The van der Waals surface area contributed by atoms with Crippen molar-refractivity contribution in [2.45, 2.75) is 13.3 Å². The molecule has 0 aliphatic heterocycles. The zero-order valence-electron chi connectivity index (χ0n) is 9.94. The molecular formula is C11H17N5. The molecule has 5 heteroatoms. The summed E-state index contributed by atoms with van der Waals surface area (Å²) in [6.45, 7) is 2.88. The van der Waals surface area contributed by atoms with Gasteiger partial charge in [-0.1, -0.05) is 0 Å². The Bertz CT molecular complexity index is 468. The van der Waals surface area contributed by atoms with E-state index < -0.39 is 0 Å². The molecule has 2 aromatic heterocycles. The Morgan fingerprint density at radius 1 is 1.38 bits per heavy atom. The van der Waals surface area contributed by atoms with Crippen LogP contribution in [0, 0.1) is 6.92 Å². The van der Waals surface area contributed by atoms with Crippen LogP contribution in [0.15, 0.2) is 18.6 Å². The van der Waals surface area contributed by atoms with Gasteiger partial charge in [-0.15, -0.1) is 0 Å². The van der Waals surface area contributed by atoms with Crippen molar-refractivity contribution in [3.8, 4) is 0 Å². The fraction of sp³-hybridized carbons (Fsp3) is 0.455. The lowest BCUT2D eigenvalue weighted by Gasteiger charge is -2.04.